The van der Waals surface area contributed by atoms with Gasteiger partial charge >= 0.3 is 0 Å². The zero-order valence-electron chi connectivity index (χ0n) is 11.8. The van der Waals surface area contributed by atoms with E-state index in [4.69, 9.17) is 23.7 Å². The van der Waals surface area contributed by atoms with Gasteiger partial charge in [-0.25, -0.2) is 4.39 Å². The van der Waals surface area contributed by atoms with Crippen molar-refractivity contribution in [3.8, 4) is 0 Å². The van der Waals surface area contributed by atoms with E-state index in [0.29, 0.717) is 23.7 Å². The number of carbonyl (C=O) groups is 1. The molecule has 0 heterocycles. The average Bonchev–Trinajstić information content (AvgIpc) is 2.93. The molecular formula is C15H20FN3OS. The van der Waals surface area contributed by atoms with Gasteiger partial charge in [0.15, 0.2) is 0 Å². The lowest BCUT2D eigenvalue weighted by molar-refractivity contribution is -0.119. The van der Waals surface area contributed by atoms with Crippen LogP contribution in [0.4, 0.5) is 4.39 Å². The molecule has 1 fully saturated rings. The van der Waals surface area contributed by atoms with Crippen LogP contribution in [0.3, 0.4) is 0 Å². The third kappa shape index (κ3) is 4.22. The first-order valence-electron chi connectivity index (χ1n) is 7.08. The van der Waals surface area contributed by atoms with E-state index in [-0.39, 0.29) is 23.3 Å². The fourth-order valence-corrected chi connectivity index (χ4v) is 2.96. The minimum atomic E-state index is -0.387. The van der Waals surface area contributed by atoms with Gasteiger partial charge < -0.3 is 11.5 Å². The first-order valence-corrected chi connectivity index (χ1v) is 7.49. The second kappa shape index (κ2) is 6.95. The number of nitrogens with two attached hydrogens (primary N) is 2. The number of carbonyl (C=O) groups excluding carboxylic acids is 1. The Balaban J connectivity index is 2.15. The zero-order valence-corrected chi connectivity index (χ0v) is 12.7. The second-order valence-corrected chi connectivity index (χ2v) is 5.92. The normalized spacial score (nSPS) is 15.5. The number of nitrogens with zero attached hydrogens (tertiary/aromatic N) is 1. The van der Waals surface area contributed by atoms with Gasteiger partial charge in [0.2, 0.25) is 5.91 Å². The van der Waals surface area contributed by atoms with E-state index in [9.17, 15) is 9.18 Å². The smallest absolute Gasteiger partial charge is 0.231 e. The predicted octanol–water partition coefficient (Wildman–Crippen LogP) is 1.69. The van der Waals surface area contributed by atoms with Crippen LogP contribution in [0.15, 0.2) is 18.2 Å². The van der Waals surface area contributed by atoms with E-state index in [1.807, 2.05) is 4.90 Å². The van der Waals surface area contributed by atoms with E-state index in [2.05, 4.69) is 0 Å². The lowest BCUT2D eigenvalue weighted by Gasteiger charge is -2.27. The molecule has 1 aromatic rings. The zero-order chi connectivity index (χ0) is 15.4. The maximum atomic E-state index is 14.1. The number of thiocarbonyl (C=S) groups is 1. The van der Waals surface area contributed by atoms with Crippen molar-refractivity contribution in [1.82, 2.24) is 4.90 Å². The van der Waals surface area contributed by atoms with Crippen LogP contribution >= 0.6 is 12.2 Å². The largest absolute Gasteiger partial charge is 0.389 e. The van der Waals surface area contributed by atoms with Gasteiger partial charge in [-0.3, -0.25) is 9.69 Å². The van der Waals surface area contributed by atoms with Crippen LogP contribution in [0.1, 0.15) is 36.8 Å². The Labute approximate surface area is 129 Å². The SMILES string of the molecule is NC(=O)CN(Cc1ccc(C(N)=S)cc1F)C1CCCC1. The number of hydrogen-bond donors (Lipinski definition) is 2. The van der Waals surface area contributed by atoms with E-state index in [1.165, 1.54) is 6.07 Å². The third-order valence-corrected chi connectivity index (χ3v) is 4.15. The van der Waals surface area contributed by atoms with Crippen molar-refractivity contribution in [2.24, 2.45) is 11.5 Å². The molecule has 0 aliphatic heterocycles. The van der Waals surface area contributed by atoms with E-state index < -0.39 is 0 Å². The highest BCUT2D eigenvalue weighted by molar-refractivity contribution is 7.80. The number of primary amides is 1. The number of hydrogen-bond acceptors (Lipinski definition) is 3. The minimum Gasteiger partial charge on any atom is -0.389 e. The summed E-state index contributed by atoms with van der Waals surface area (Å²) in [6.07, 6.45) is 4.34. The van der Waals surface area contributed by atoms with Gasteiger partial charge in [0.1, 0.15) is 10.8 Å². The van der Waals surface area contributed by atoms with Crippen molar-refractivity contribution < 1.29 is 9.18 Å². The Morgan fingerprint density at radius 3 is 2.52 bits per heavy atom. The molecule has 0 spiro atoms. The lowest BCUT2D eigenvalue weighted by atomic mass is 10.1. The summed E-state index contributed by atoms with van der Waals surface area (Å²) in [6.45, 7) is 0.526. The average molecular weight is 309 g/mol. The molecule has 4 nitrogen and oxygen atoms in total. The first kappa shape index (κ1) is 15.9. The number of amides is 1. The molecule has 4 N–H and O–H groups in total. The maximum absolute atomic E-state index is 14.1. The molecule has 1 saturated carbocycles. The Kier molecular flexibility index (Phi) is 5.25. The molecule has 1 amide bonds. The summed E-state index contributed by atoms with van der Waals surface area (Å²) in [5.41, 5.74) is 11.8. The highest BCUT2D eigenvalue weighted by atomic mass is 32.1. The minimum absolute atomic E-state index is 0.154. The summed E-state index contributed by atoms with van der Waals surface area (Å²) in [5, 5.41) is 0. The molecule has 0 aromatic heterocycles. The fourth-order valence-electron chi connectivity index (χ4n) is 2.83. The van der Waals surface area contributed by atoms with Crippen molar-refractivity contribution >= 4 is 23.1 Å². The van der Waals surface area contributed by atoms with Gasteiger partial charge in [-0.05, 0) is 18.9 Å². The molecule has 1 aliphatic rings. The molecule has 0 unspecified atom stereocenters. The van der Waals surface area contributed by atoms with Gasteiger partial charge in [-0.1, -0.05) is 37.2 Å². The van der Waals surface area contributed by atoms with Gasteiger partial charge in [0.05, 0.1) is 6.54 Å². The Morgan fingerprint density at radius 1 is 1.33 bits per heavy atom. The van der Waals surface area contributed by atoms with Crippen LogP contribution in [-0.2, 0) is 11.3 Å². The molecule has 0 saturated heterocycles. The molecule has 6 heteroatoms. The lowest BCUT2D eigenvalue weighted by Crippen LogP contribution is -2.39. The number of halogens is 1. The maximum Gasteiger partial charge on any atom is 0.231 e. The van der Waals surface area contributed by atoms with E-state index >= 15 is 0 Å². The van der Waals surface area contributed by atoms with Crippen LogP contribution in [0.5, 0.6) is 0 Å². The summed E-state index contributed by atoms with van der Waals surface area (Å²) >= 11 is 4.84. The summed E-state index contributed by atoms with van der Waals surface area (Å²) in [6, 6.07) is 5.02. The summed E-state index contributed by atoms with van der Waals surface area (Å²) in [5.74, 6) is -0.741. The fraction of sp³-hybridized carbons (Fsp3) is 0.467. The van der Waals surface area contributed by atoms with Gasteiger partial charge in [-0.2, -0.15) is 0 Å². The highest BCUT2D eigenvalue weighted by Gasteiger charge is 2.24. The molecule has 0 bridgehead atoms. The van der Waals surface area contributed by atoms with Crippen LogP contribution in [0.2, 0.25) is 0 Å². The van der Waals surface area contributed by atoms with Gasteiger partial charge in [0.25, 0.3) is 0 Å². The third-order valence-electron chi connectivity index (χ3n) is 3.91. The molecule has 1 aromatic carbocycles. The van der Waals surface area contributed by atoms with Crippen molar-refractivity contribution in [1.29, 1.82) is 0 Å². The molecule has 0 atom stereocenters. The van der Waals surface area contributed by atoms with Crippen molar-refractivity contribution in [3.05, 3.63) is 35.1 Å². The van der Waals surface area contributed by atoms with Crippen LogP contribution in [0.25, 0.3) is 0 Å². The monoisotopic (exact) mass is 309 g/mol. The summed E-state index contributed by atoms with van der Waals surface area (Å²) in [7, 11) is 0. The predicted molar refractivity (Wildman–Crippen MR) is 84.1 cm³/mol. The number of rotatable bonds is 6. The molecule has 21 heavy (non-hydrogen) atoms. The highest BCUT2D eigenvalue weighted by Crippen LogP contribution is 2.25. The van der Waals surface area contributed by atoms with Crippen LogP contribution in [-0.4, -0.2) is 28.4 Å². The molecule has 2 rings (SSSR count). The molecule has 0 radical (unpaired) electrons. The van der Waals surface area contributed by atoms with E-state index in [0.717, 1.165) is 25.7 Å². The van der Waals surface area contributed by atoms with E-state index in [1.54, 1.807) is 12.1 Å². The topological polar surface area (TPSA) is 72.4 Å². The van der Waals surface area contributed by atoms with Crippen molar-refractivity contribution in [3.63, 3.8) is 0 Å². The van der Waals surface area contributed by atoms with Crippen molar-refractivity contribution in [2.45, 2.75) is 38.3 Å². The quantitative estimate of drug-likeness (QED) is 0.784. The first-order chi connectivity index (χ1) is 9.97. The second-order valence-electron chi connectivity index (χ2n) is 5.48. The number of benzene rings is 1. The summed E-state index contributed by atoms with van der Waals surface area (Å²) in [4.78, 5) is 13.4. The standard InChI is InChI=1S/C15H20FN3OS/c16-13-7-10(15(18)21)5-6-11(13)8-19(9-14(17)20)12-3-1-2-4-12/h5-7,12H,1-4,8-9H2,(H2,17,20)(H2,18,21). The molecule has 1 aliphatic carbocycles. The van der Waals surface area contributed by atoms with Crippen LogP contribution in [0, 0.1) is 5.82 Å². The molecule has 114 valence electrons. The van der Waals surface area contributed by atoms with Gasteiger partial charge in [0, 0.05) is 23.7 Å². The van der Waals surface area contributed by atoms with Gasteiger partial charge in [-0.15, -0.1) is 0 Å². The Morgan fingerprint density at radius 2 is 2.00 bits per heavy atom. The Bertz CT molecular complexity index is 544. The summed E-state index contributed by atoms with van der Waals surface area (Å²) < 4.78 is 14.1. The molecular weight excluding hydrogens is 289 g/mol. The van der Waals surface area contributed by atoms with Crippen LogP contribution < -0.4 is 11.5 Å². The van der Waals surface area contributed by atoms with Crippen molar-refractivity contribution in [2.75, 3.05) is 6.54 Å². The Hall–Kier alpha value is -1.53.